The van der Waals surface area contributed by atoms with Gasteiger partial charge in [-0.1, -0.05) is 19.9 Å². The van der Waals surface area contributed by atoms with E-state index in [9.17, 15) is 0 Å². The van der Waals surface area contributed by atoms with E-state index < -0.39 is 0 Å². The summed E-state index contributed by atoms with van der Waals surface area (Å²) < 4.78 is 3.88. The highest BCUT2D eigenvalue weighted by Crippen LogP contribution is 2.23. The first kappa shape index (κ1) is 10.5. The van der Waals surface area contributed by atoms with Gasteiger partial charge in [0.15, 0.2) is 0 Å². The Labute approximate surface area is 73.4 Å². The lowest BCUT2D eigenvalue weighted by Crippen LogP contribution is -1.86. The van der Waals surface area contributed by atoms with Crippen molar-refractivity contribution in [2.75, 3.05) is 0 Å². The fourth-order valence-electron chi connectivity index (χ4n) is 0.701. The molecule has 1 nitrogen and oxygen atoms in total. The van der Waals surface area contributed by atoms with Crippen molar-refractivity contribution in [3.05, 3.63) is 17.6 Å². The minimum Gasteiger partial charge on any atom is -0.169 e. The maximum atomic E-state index is 3.88. The van der Waals surface area contributed by atoms with Crippen molar-refractivity contribution in [2.45, 2.75) is 27.2 Å². The standard InChI is InChI=1S/C9H15NS/c1-5-9(7-8(3)4)11-10-6-2/h5,8H,2,7H2,1,3-4H3/b9-5+. The van der Waals surface area contributed by atoms with Crippen LogP contribution < -0.4 is 0 Å². The van der Waals surface area contributed by atoms with Gasteiger partial charge in [-0.05, 0) is 31.7 Å². The predicted molar refractivity (Wildman–Crippen MR) is 53.9 cm³/mol. The van der Waals surface area contributed by atoms with Gasteiger partial charge in [0, 0.05) is 16.9 Å². The fraction of sp³-hybridized carbons (Fsp3) is 0.556. The summed E-state index contributed by atoms with van der Waals surface area (Å²) in [5.74, 6) is 3.19. The maximum absolute atomic E-state index is 3.88. The molecular formula is C9H15NS. The number of allylic oxidation sites excluding steroid dienone is 2. The molecule has 11 heavy (non-hydrogen) atoms. The SMILES string of the molecule is C=C=NS/C(=C/C)CC(C)C. The number of nitrogens with zero attached hydrogens (tertiary/aromatic N) is 1. The second-order valence-corrected chi connectivity index (χ2v) is 3.58. The summed E-state index contributed by atoms with van der Waals surface area (Å²) in [5.41, 5.74) is 0. The van der Waals surface area contributed by atoms with E-state index in [2.05, 4.69) is 36.8 Å². The molecule has 0 saturated carbocycles. The summed E-state index contributed by atoms with van der Waals surface area (Å²) in [6.07, 6.45) is 3.18. The molecule has 0 aromatic heterocycles. The fourth-order valence-corrected chi connectivity index (χ4v) is 1.40. The zero-order chi connectivity index (χ0) is 8.69. The molecule has 0 aromatic carbocycles. The van der Waals surface area contributed by atoms with E-state index in [0.717, 1.165) is 6.42 Å². The monoisotopic (exact) mass is 169 g/mol. The quantitative estimate of drug-likeness (QED) is 0.464. The van der Waals surface area contributed by atoms with E-state index in [-0.39, 0.29) is 0 Å². The van der Waals surface area contributed by atoms with Crippen LogP contribution in [0.3, 0.4) is 0 Å². The first-order chi connectivity index (χ1) is 5.20. The van der Waals surface area contributed by atoms with Crippen molar-refractivity contribution < 1.29 is 0 Å². The summed E-state index contributed by atoms with van der Waals surface area (Å²) in [6.45, 7) is 9.83. The highest BCUT2D eigenvalue weighted by molar-refractivity contribution is 8.01. The van der Waals surface area contributed by atoms with Crippen LogP contribution in [0.2, 0.25) is 0 Å². The number of hydrogen-bond donors (Lipinski definition) is 0. The summed E-state index contributed by atoms with van der Waals surface area (Å²) in [7, 11) is 0. The first-order valence-electron chi connectivity index (χ1n) is 3.75. The van der Waals surface area contributed by atoms with Crippen LogP contribution in [-0.2, 0) is 0 Å². The maximum Gasteiger partial charge on any atom is 0.0159 e. The van der Waals surface area contributed by atoms with Crippen LogP contribution in [0.25, 0.3) is 0 Å². The Balaban J connectivity index is 3.87. The van der Waals surface area contributed by atoms with Crippen LogP contribution in [0.1, 0.15) is 27.2 Å². The van der Waals surface area contributed by atoms with Crippen molar-refractivity contribution >= 4 is 17.8 Å². The lowest BCUT2D eigenvalue weighted by molar-refractivity contribution is 0.658. The Hall–Kier alpha value is -0.460. The van der Waals surface area contributed by atoms with Crippen molar-refractivity contribution in [3.8, 4) is 0 Å². The number of rotatable bonds is 4. The zero-order valence-electron chi connectivity index (χ0n) is 7.42. The smallest absolute Gasteiger partial charge is 0.0159 e. The molecule has 0 aliphatic heterocycles. The third-order valence-corrected chi connectivity index (χ3v) is 2.02. The Kier molecular flexibility index (Phi) is 6.00. The van der Waals surface area contributed by atoms with Crippen LogP contribution in [0, 0.1) is 5.92 Å². The largest absolute Gasteiger partial charge is 0.169 e. The Bertz CT molecular complexity index is 176. The van der Waals surface area contributed by atoms with E-state index in [4.69, 9.17) is 0 Å². The molecule has 0 spiro atoms. The second-order valence-electron chi connectivity index (χ2n) is 2.69. The van der Waals surface area contributed by atoms with E-state index in [1.807, 2.05) is 6.92 Å². The predicted octanol–water partition coefficient (Wildman–Crippen LogP) is 3.44. The van der Waals surface area contributed by atoms with Gasteiger partial charge in [0.05, 0.1) is 0 Å². The second kappa shape index (κ2) is 6.26. The van der Waals surface area contributed by atoms with Crippen molar-refractivity contribution in [1.29, 1.82) is 0 Å². The van der Waals surface area contributed by atoms with Gasteiger partial charge in [-0.3, -0.25) is 0 Å². The molecule has 0 bridgehead atoms. The zero-order valence-corrected chi connectivity index (χ0v) is 8.24. The third-order valence-electron chi connectivity index (χ3n) is 1.16. The van der Waals surface area contributed by atoms with E-state index >= 15 is 0 Å². The Morgan fingerprint density at radius 1 is 1.73 bits per heavy atom. The normalized spacial score (nSPS) is 11.5. The molecule has 0 rings (SSSR count). The van der Waals surface area contributed by atoms with Gasteiger partial charge < -0.3 is 0 Å². The average molecular weight is 169 g/mol. The molecule has 0 aliphatic carbocycles. The Morgan fingerprint density at radius 3 is 2.73 bits per heavy atom. The molecule has 62 valence electrons. The van der Waals surface area contributed by atoms with Crippen LogP contribution in [-0.4, -0.2) is 5.87 Å². The first-order valence-corrected chi connectivity index (χ1v) is 4.52. The summed E-state index contributed by atoms with van der Waals surface area (Å²) in [4.78, 5) is 1.29. The molecule has 0 unspecified atom stereocenters. The molecule has 0 radical (unpaired) electrons. The minimum atomic E-state index is 0.689. The molecule has 0 heterocycles. The summed E-state index contributed by atoms with van der Waals surface area (Å²) in [5, 5.41) is 0. The van der Waals surface area contributed by atoms with Gasteiger partial charge in [0.2, 0.25) is 0 Å². The van der Waals surface area contributed by atoms with Gasteiger partial charge in [0.1, 0.15) is 0 Å². The summed E-state index contributed by atoms with van der Waals surface area (Å²) in [6, 6.07) is 0. The van der Waals surface area contributed by atoms with Gasteiger partial charge >= 0.3 is 0 Å². The highest BCUT2D eigenvalue weighted by Gasteiger charge is 1.99. The lowest BCUT2D eigenvalue weighted by atomic mass is 10.1. The van der Waals surface area contributed by atoms with Gasteiger partial charge in [0.25, 0.3) is 0 Å². The van der Waals surface area contributed by atoms with Crippen molar-refractivity contribution in [3.63, 3.8) is 0 Å². The average Bonchev–Trinajstić information content (AvgIpc) is 1.97. The van der Waals surface area contributed by atoms with Crippen LogP contribution >= 0.6 is 11.9 Å². The van der Waals surface area contributed by atoms with Crippen LogP contribution in [0.4, 0.5) is 0 Å². The molecule has 2 heteroatoms. The molecule has 0 atom stereocenters. The van der Waals surface area contributed by atoms with Gasteiger partial charge in [-0.15, -0.1) is 0 Å². The van der Waals surface area contributed by atoms with E-state index in [1.54, 1.807) is 0 Å². The lowest BCUT2D eigenvalue weighted by Gasteiger charge is -2.04. The molecule has 0 aromatic rings. The molecule has 0 saturated heterocycles. The van der Waals surface area contributed by atoms with Crippen LogP contribution in [0.15, 0.2) is 22.0 Å². The van der Waals surface area contributed by atoms with Gasteiger partial charge in [-0.25, -0.2) is 0 Å². The van der Waals surface area contributed by atoms with E-state index in [1.165, 1.54) is 16.9 Å². The highest BCUT2D eigenvalue weighted by atomic mass is 32.2. The molecule has 0 N–H and O–H groups in total. The molecule has 0 fully saturated rings. The Morgan fingerprint density at radius 2 is 2.36 bits per heavy atom. The molecular weight excluding hydrogens is 154 g/mol. The molecule has 0 amide bonds. The van der Waals surface area contributed by atoms with Crippen molar-refractivity contribution in [1.82, 2.24) is 0 Å². The van der Waals surface area contributed by atoms with E-state index in [0.29, 0.717) is 5.92 Å². The summed E-state index contributed by atoms with van der Waals surface area (Å²) >= 11 is 1.46. The van der Waals surface area contributed by atoms with Crippen LogP contribution in [0.5, 0.6) is 0 Å². The topological polar surface area (TPSA) is 12.4 Å². The third kappa shape index (κ3) is 5.96. The van der Waals surface area contributed by atoms with Gasteiger partial charge in [-0.2, -0.15) is 4.40 Å². The minimum absolute atomic E-state index is 0.689. The molecule has 0 aliphatic rings. The number of hydrogen-bond acceptors (Lipinski definition) is 2. The van der Waals surface area contributed by atoms with Crippen molar-refractivity contribution in [2.24, 2.45) is 10.3 Å².